The molecular formula is C12H14N6O4S2. The number of hydrogen-bond acceptors (Lipinski definition) is 9. The standard InChI is InChI=1S/C12H14N6O4S2/c1-12(10(14)22)15-11(16-17-12)24-3-4-2-23-8-5(13)7(19)18(8)6(4)9(20)21/h5,8H,2-3,13H2,1H3,(H2,14,22)(H,20,21)/t5?,8-,12?/m0/s1. The van der Waals surface area contributed by atoms with Crippen molar-refractivity contribution < 1.29 is 19.5 Å². The first kappa shape index (κ1) is 16.9. The maximum atomic E-state index is 11.9. The summed E-state index contributed by atoms with van der Waals surface area (Å²) in [6.07, 6.45) is 0. The first-order chi connectivity index (χ1) is 11.2. The van der Waals surface area contributed by atoms with Gasteiger partial charge in [-0.1, -0.05) is 11.8 Å². The maximum Gasteiger partial charge on any atom is 0.352 e. The van der Waals surface area contributed by atoms with Crippen LogP contribution in [0.4, 0.5) is 0 Å². The number of carbonyl (C=O) groups excluding carboxylic acids is 2. The van der Waals surface area contributed by atoms with E-state index in [0.717, 1.165) is 11.8 Å². The fraction of sp³-hybridized carbons (Fsp3) is 0.500. The summed E-state index contributed by atoms with van der Waals surface area (Å²) in [7, 11) is 0. The number of aliphatic carboxylic acids is 1. The minimum atomic E-state index is -1.42. The van der Waals surface area contributed by atoms with Gasteiger partial charge in [-0.05, 0) is 12.5 Å². The highest BCUT2D eigenvalue weighted by Gasteiger charge is 2.51. The Morgan fingerprint density at radius 1 is 1.54 bits per heavy atom. The Labute approximate surface area is 144 Å². The van der Waals surface area contributed by atoms with Gasteiger partial charge in [0.25, 0.3) is 5.91 Å². The van der Waals surface area contributed by atoms with Gasteiger partial charge in [0, 0.05) is 11.5 Å². The number of nitrogens with zero attached hydrogens (tertiary/aromatic N) is 4. The second-order valence-electron chi connectivity index (χ2n) is 5.46. The van der Waals surface area contributed by atoms with Crippen molar-refractivity contribution >= 4 is 46.5 Å². The van der Waals surface area contributed by atoms with Gasteiger partial charge < -0.3 is 16.6 Å². The first-order valence-electron chi connectivity index (χ1n) is 6.85. The SMILES string of the molecule is CC1(C(N)=O)N=NC(SCC2=C(C(=O)O)N3C(=O)C(N)[C@@H]3SC2)=N1. The van der Waals surface area contributed by atoms with Gasteiger partial charge in [0.1, 0.15) is 17.1 Å². The number of thioether (sulfide) groups is 2. The first-order valence-corrected chi connectivity index (χ1v) is 8.89. The van der Waals surface area contributed by atoms with Gasteiger partial charge in [-0.25, -0.2) is 9.79 Å². The zero-order chi connectivity index (χ0) is 17.6. The average Bonchev–Trinajstić information content (AvgIpc) is 2.94. The lowest BCUT2D eigenvalue weighted by Gasteiger charge is -2.48. The summed E-state index contributed by atoms with van der Waals surface area (Å²) < 4.78 is 0. The Kier molecular flexibility index (Phi) is 4.13. The smallest absolute Gasteiger partial charge is 0.352 e. The van der Waals surface area contributed by atoms with Gasteiger partial charge in [-0.3, -0.25) is 14.5 Å². The second kappa shape index (κ2) is 5.86. The molecule has 2 amide bonds. The lowest BCUT2D eigenvalue weighted by atomic mass is 10.0. The van der Waals surface area contributed by atoms with E-state index < -0.39 is 29.5 Å². The number of azo groups is 1. The van der Waals surface area contributed by atoms with Crippen LogP contribution in [0.1, 0.15) is 6.92 Å². The minimum absolute atomic E-state index is 0.0360. The van der Waals surface area contributed by atoms with E-state index in [0.29, 0.717) is 11.3 Å². The number of β-lactam (4-membered cyclic amide) rings is 1. The molecule has 1 fully saturated rings. The molecule has 0 aromatic heterocycles. The van der Waals surface area contributed by atoms with Crippen LogP contribution in [0, 0.1) is 0 Å². The highest BCUT2D eigenvalue weighted by Crippen LogP contribution is 2.40. The quantitative estimate of drug-likeness (QED) is 0.552. The number of hydrogen-bond donors (Lipinski definition) is 3. The fourth-order valence-electron chi connectivity index (χ4n) is 2.38. The number of carbonyl (C=O) groups is 3. The van der Waals surface area contributed by atoms with Gasteiger partial charge >= 0.3 is 5.97 Å². The van der Waals surface area contributed by atoms with Crippen LogP contribution in [0.5, 0.6) is 0 Å². The molecule has 3 rings (SSSR count). The van der Waals surface area contributed by atoms with E-state index in [1.807, 2.05) is 0 Å². The van der Waals surface area contributed by atoms with Crippen molar-refractivity contribution in [1.29, 1.82) is 0 Å². The number of fused-ring (bicyclic) bond motifs is 1. The van der Waals surface area contributed by atoms with Crippen molar-refractivity contribution in [2.24, 2.45) is 26.7 Å². The molecule has 1 saturated heterocycles. The number of amidine groups is 1. The summed E-state index contributed by atoms with van der Waals surface area (Å²) in [5.41, 5.74) is 10.0. The molecule has 0 spiro atoms. The van der Waals surface area contributed by atoms with E-state index in [9.17, 15) is 19.5 Å². The van der Waals surface area contributed by atoms with Crippen LogP contribution in [0.2, 0.25) is 0 Å². The largest absolute Gasteiger partial charge is 0.477 e. The molecule has 3 atom stereocenters. The molecule has 10 nitrogen and oxygen atoms in total. The molecule has 24 heavy (non-hydrogen) atoms. The van der Waals surface area contributed by atoms with Crippen LogP contribution in [0.3, 0.4) is 0 Å². The van der Waals surface area contributed by atoms with Crippen LogP contribution in [-0.4, -0.2) is 61.5 Å². The molecule has 128 valence electrons. The Balaban J connectivity index is 1.77. The summed E-state index contributed by atoms with van der Waals surface area (Å²) in [4.78, 5) is 39.9. The molecule has 2 unspecified atom stereocenters. The third-order valence-corrected chi connectivity index (χ3v) is 6.06. The summed E-state index contributed by atoms with van der Waals surface area (Å²) in [6.45, 7) is 1.44. The van der Waals surface area contributed by atoms with Crippen molar-refractivity contribution in [3.63, 3.8) is 0 Å². The third-order valence-electron chi connectivity index (χ3n) is 3.78. The lowest BCUT2D eigenvalue weighted by molar-refractivity contribution is -0.147. The van der Waals surface area contributed by atoms with Gasteiger partial charge in [-0.15, -0.1) is 22.0 Å². The minimum Gasteiger partial charge on any atom is -0.477 e. The van der Waals surface area contributed by atoms with Crippen molar-refractivity contribution in [1.82, 2.24) is 4.90 Å². The number of aliphatic imine (C=N–C) groups is 1. The molecule has 0 bridgehead atoms. The predicted octanol–water partition coefficient (Wildman–Crippen LogP) is -0.676. The summed E-state index contributed by atoms with van der Waals surface area (Å²) in [6, 6.07) is -0.664. The Morgan fingerprint density at radius 3 is 2.83 bits per heavy atom. The van der Waals surface area contributed by atoms with Crippen LogP contribution in [0.25, 0.3) is 0 Å². The van der Waals surface area contributed by atoms with E-state index >= 15 is 0 Å². The van der Waals surface area contributed by atoms with Crippen LogP contribution in [-0.2, 0) is 14.4 Å². The lowest BCUT2D eigenvalue weighted by Crippen LogP contribution is -2.68. The third kappa shape index (κ3) is 2.59. The molecule has 3 aliphatic rings. The van der Waals surface area contributed by atoms with Crippen molar-refractivity contribution in [2.75, 3.05) is 11.5 Å². The van der Waals surface area contributed by atoms with Crippen LogP contribution >= 0.6 is 23.5 Å². The highest BCUT2D eigenvalue weighted by molar-refractivity contribution is 8.14. The molecular weight excluding hydrogens is 356 g/mol. The van der Waals surface area contributed by atoms with Crippen molar-refractivity contribution in [3.05, 3.63) is 11.3 Å². The summed E-state index contributed by atoms with van der Waals surface area (Å²) in [5, 5.41) is 16.9. The van der Waals surface area contributed by atoms with Gasteiger partial charge in [-0.2, -0.15) is 0 Å². The van der Waals surface area contributed by atoms with Crippen molar-refractivity contribution in [3.8, 4) is 0 Å². The molecule has 5 N–H and O–H groups in total. The molecule has 3 aliphatic heterocycles. The predicted molar refractivity (Wildman–Crippen MR) is 88.1 cm³/mol. The van der Waals surface area contributed by atoms with Gasteiger partial charge in [0.2, 0.25) is 16.7 Å². The normalized spacial score (nSPS) is 31.7. The molecule has 12 heteroatoms. The van der Waals surface area contributed by atoms with Crippen molar-refractivity contribution in [2.45, 2.75) is 24.0 Å². The maximum absolute atomic E-state index is 11.9. The van der Waals surface area contributed by atoms with E-state index in [1.54, 1.807) is 0 Å². The van der Waals surface area contributed by atoms with E-state index in [4.69, 9.17) is 11.5 Å². The number of carboxylic acid groups (broad SMARTS) is 1. The van der Waals surface area contributed by atoms with Crippen LogP contribution in [0.15, 0.2) is 26.5 Å². The molecule has 0 saturated carbocycles. The summed E-state index contributed by atoms with van der Waals surface area (Å²) >= 11 is 2.56. The Morgan fingerprint density at radius 2 is 2.25 bits per heavy atom. The second-order valence-corrected chi connectivity index (χ2v) is 7.51. The topological polar surface area (TPSA) is 164 Å². The Hall–Kier alpha value is -1.92. The molecule has 0 aliphatic carbocycles. The van der Waals surface area contributed by atoms with E-state index in [1.165, 1.54) is 23.6 Å². The average molecular weight is 370 g/mol. The molecule has 0 aromatic carbocycles. The number of nitrogens with two attached hydrogens (primary N) is 2. The molecule has 0 aromatic rings. The zero-order valence-electron chi connectivity index (χ0n) is 12.5. The van der Waals surface area contributed by atoms with E-state index in [-0.39, 0.29) is 22.0 Å². The number of primary amides is 1. The number of carboxylic acids is 1. The zero-order valence-corrected chi connectivity index (χ0v) is 14.1. The van der Waals surface area contributed by atoms with Gasteiger partial charge in [0.15, 0.2) is 0 Å². The highest BCUT2D eigenvalue weighted by atomic mass is 32.2. The van der Waals surface area contributed by atoms with Crippen LogP contribution < -0.4 is 11.5 Å². The monoisotopic (exact) mass is 370 g/mol. The summed E-state index contributed by atoms with van der Waals surface area (Å²) in [5.74, 6) is -1.59. The van der Waals surface area contributed by atoms with Gasteiger partial charge in [0.05, 0.1) is 0 Å². The molecule has 3 heterocycles. The Bertz CT molecular complexity index is 735. The fourth-order valence-corrected chi connectivity index (χ4v) is 4.68. The number of amides is 2. The number of rotatable bonds is 4. The molecule has 0 radical (unpaired) electrons. The van der Waals surface area contributed by atoms with E-state index in [2.05, 4.69) is 15.2 Å².